The SMILES string of the molecule is Cc1cc(COc2ccc(F)c(F)c2)c2ccccc2n1. The Morgan fingerprint density at radius 1 is 1.00 bits per heavy atom. The molecule has 0 unspecified atom stereocenters. The molecule has 0 saturated carbocycles. The normalized spacial score (nSPS) is 10.8. The molecule has 1 heterocycles. The lowest BCUT2D eigenvalue weighted by molar-refractivity contribution is 0.304. The quantitative estimate of drug-likeness (QED) is 0.711. The first-order valence-corrected chi connectivity index (χ1v) is 6.56. The molecule has 0 amide bonds. The van der Waals surface area contributed by atoms with Gasteiger partial charge < -0.3 is 4.74 Å². The van der Waals surface area contributed by atoms with Gasteiger partial charge in [-0.25, -0.2) is 8.78 Å². The highest BCUT2D eigenvalue weighted by Crippen LogP contribution is 2.21. The Morgan fingerprint density at radius 2 is 1.81 bits per heavy atom. The highest BCUT2D eigenvalue weighted by atomic mass is 19.2. The van der Waals surface area contributed by atoms with E-state index in [-0.39, 0.29) is 6.61 Å². The maximum atomic E-state index is 13.2. The molecule has 0 fully saturated rings. The van der Waals surface area contributed by atoms with Gasteiger partial charge in [0.1, 0.15) is 12.4 Å². The molecule has 4 heteroatoms. The van der Waals surface area contributed by atoms with Crippen LogP contribution in [0.4, 0.5) is 8.78 Å². The molecule has 21 heavy (non-hydrogen) atoms. The van der Waals surface area contributed by atoms with Gasteiger partial charge in [-0.1, -0.05) is 18.2 Å². The van der Waals surface area contributed by atoms with Crippen LogP contribution in [0.3, 0.4) is 0 Å². The number of halogens is 2. The Bertz CT molecular complexity index is 802. The van der Waals surface area contributed by atoms with E-state index in [0.717, 1.165) is 34.3 Å². The van der Waals surface area contributed by atoms with Crippen molar-refractivity contribution in [2.75, 3.05) is 0 Å². The summed E-state index contributed by atoms with van der Waals surface area (Å²) in [5.74, 6) is -1.50. The van der Waals surface area contributed by atoms with Crippen LogP contribution in [0.15, 0.2) is 48.5 Å². The first-order chi connectivity index (χ1) is 10.1. The van der Waals surface area contributed by atoms with Gasteiger partial charge in [-0.2, -0.15) is 0 Å². The van der Waals surface area contributed by atoms with Crippen molar-refractivity contribution in [3.8, 4) is 5.75 Å². The van der Waals surface area contributed by atoms with Gasteiger partial charge in [0.2, 0.25) is 0 Å². The summed E-state index contributed by atoms with van der Waals surface area (Å²) in [7, 11) is 0. The van der Waals surface area contributed by atoms with Crippen molar-refractivity contribution in [1.82, 2.24) is 4.98 Å². The summed E-state index contributed by atoms with van der Waals surface area (Å²) >= 11 is 0. The van der Waals surface area contributed by atoms with Crippen LogP contribution in [0.5, 0.6) is 5.75 Å². The second kappa shape index (κ2) is 5.48. The second-order valence-electron chi connectivity index (χ2n) is 4.80. The molecule has 1 aromatic heterocycles. The lowest BCUT2D eigenvalue weighted by atomic mass is 10.1. The lowest BCUT2D eigenvalue weighted by Crippen LogP contribution is -1.99. The maximum Gasteiger partial charge on any atom is 0.162 e. The molecule has 0 spiro atoms. The summed E-state index contributed by atoms with van der Waals surface area (Å²) < 4.78 is 31.6. The van der Waals surface area contributed by atoms with E-state index in [0.29, 0.717) is 5.75 Å². The van der Waals surface area contributed by atoms with E-state index in [4.69, 9.17) is 4.74 Å². The van der Waals surface area contributed by atoms with E-state index in [2.05, 4.69) is 4.98 Å². The largest absolute Gasteiger partial charge is 0.489 e. The van der Waals surface area contributed by atoms with Gasteiger partial charge in [0.05, 0.1) is 5.52 Å². The molecule has 0 aliphatic heterocycles. The number of aromatic nitrogens is 1. The monoisotopic (exact) mass is 285 g/mol. The number of fused-ring (bicyclic) bond motifs is 1. The van der Waals surface area contributed by atoms with E-state index in [9.17, 15) is 8.78 Å². The van der Waals surface area contributed by atoms with Gasteiger partial charge in [-0.3, -0.25) is 4.98 Å². The lowest BCUT2D eigenvalue weighted by Gasteiger charge is -2.10. The second-order valence-corrected chi connectivity index (χ2v) is 4.80. The fourth-order valence-electron chi connectivity index (χ4n) is 2.24. The number of para-hydroxylation sites is 1. The summed E-state index contributed by atoms with van der Waals surface area (Å²) in [6, 6.07) is 13.2. The smallest absolute Gasteiger partial charge is 0.162 e. The van der Waals surface area contributed by atoms with E-state index < -0.39 is 11.6 Å². The van der Waals surface area contributed by atoms with Crippen molar-refractivity contribution in [3.63, 3.8) is 0 Å². The van der Waals surface area contributed by atoms with E-state index in [1.807, 2.05) is 37.3 Å². The van der Waals surface area contributed by atoms with Crippen molar-refractivity contribution in [3.05, 3.63) is 71.4 Å². The topological polar surface area (TPSA) is 22.1 Å². The van der Waals surface area contributed by atoms with Crippen LogP contribution in [-0.4, -0.2) is 4.98 Å². The average Bonchev–Trinajstić information content (AvgIpc) is 2.48. The number of rotatable bonds is 3. The molecule has 3 aromatic rings. The van der Waals surface area contributed by atoms with Crippen LogP contribution < -0.4 is 4.74 Å². The molecule has 106 valence electrons. The van der Waals surface area contributed by atoms with Crippen molar-refractivity contribution in [1.29, 1.82) is 0 Å². The van der Waals surface area contributed by atoms with Crippen LogP contribution in [0.2, 0.25) is 0 Å². The first kappa shape index (κ1) is 13.5. The third-order valence-electron chi connectivity index (χ3n) is 3.22. The Kier molecular flexibility index (Phi) is 3.52. The van der Waals surface area contributed by atoms with Crippen LogP contribution in [0.25, 0.3) is 10.9 Å². The van der Waals surface area contributed by atoms with Crippen LogP contribution in [0, 0.1) is 18.6 Å². The summed E-state index contributed by atoms with van der Waals surface area (Å²) in [6.45, 7) is 2.18. The predicted molar refractivity (Wildman–Crippen MR) is 77.2 cm³/mol. The van der Waals surface area contributed by atoms with Gasteiger partial charge in [-0.05, 0) is 31.2 Å². The highest BCUT2D eigenvalue weighted by Gasteiger charge is 2.06. The molecular weight excluding hydrogens is 272 g/mol. The summed E-state index contributed by atoms with van der Waals surface area (Å²) in [6.07, 6.45) is 0. The number of hydrogen-bond acceptors (Lipinski definition) is 2. The number of pyridine rings is 1. The molecular formula is C17H13F2NO. The van der Waals surface area contributed by atoms with E-state index in [1.165, 1.54) is 6.07 Å². The molecule has 0 aliphatic rings. The van der Waals surface area contributed by atoms with E-state index >= 15 is 0 Å². The number of hydrogen-bond donors (Lipinski definition) is 0. The van der Waals surface area contributed by atoms with Gasteiger partial charge >= 0.3 is 0 Å². The Hall–Kier alpha value is -2.49. The van der Waals surface area contributed by atoms with Crippen molar-refractivity contribution < 1.29 is 13.5 Å². The standard InChI is InChI=1S/C17H13F2NO/c1-11-8-12(14-4-2-3-5-17(14)20-11)10-21-13-6-7-15(18)16(19)9-13/h2-9H,10H2,1H3. The number of benzene rings is 2. The van der Waals surface area contributed by atoms with E-state index in [1.54, 1.807) is 0 Å². The molecule has 0 aliphatic carbocycles. The molecule has 0 radical (unpaired) electrons. The third-order valence-corrected chi connectivity index (χ3v) is 3.22. The van der Waals surface area contributed by atoms with Crippen molar-refractivity contribution in [2.24, 2.45) is 0 Å². The summed E-state index contributed by atoms with van der Waals surface area (Å²) in [5, 5.41) is 0.991. The Balaban J connectivity index is 1.89. The number of ether oxygens (including phenoxy) is 1. The molecule has 0 bridgehead atoms. The highest BCUT2D eigenvalue weighted by molar-refractivity contribution is 5.82. The van der Waals surface area contributed by atoms with Gasteiger partial charge in [0.25, 0.3) is 0 Å². The molecule has 0 atom stereocenters. The number of nitrogens with zero attached hydrogens (tertiary/aromatic N) is 1. The van der Waals surface area contributed by atoms with Crippen LogP contribution in [-0.2, 0) is 6.61 Å². The minimum atomic E-state index is -0.914. The average molecular weight is 285 g/mol. The summed E-state index contributed by atoms with van der Waals surface area (Å²) in [5.41, 5.74) is 2.74. The van der Waals surface area contributed by atoms with Crippen molar-refractivity contribution >= 4 is 10.9 Å². The molecule has 2 nitrogen and oxygen atoms in total. The van der Waals surface area contributed by atoms with Crippen LogP contribution in [0.1, 0.15) is 11.3 Å². The van der Waals surface area contributed by atoms with Crippen LogP contribution >= 0.6 is 0 Å². The minimum Gasteiger partial charge on any atom is -0.489 e. The first-order valence-electron chi connectivity index (χ1n) is 6.56. The molecule has 0 saturated heterocycles. The zero-order valence-corrected chi connectivity index (χ0v) is 11.4. The Labute approximate surface area is 121 Å². The van der Waals surface area contributed by atoms with Crippen molar-refractivity contribution in [2.45, 2.75) is 13.5 Å². The Morgan fingerprint density at radius 3 is 2.62 bits per heavy atom. The molecule has 0 N–H and O–H groups in total. The minimum absolute atomic E-state index is 0.273. The predicted octanol–water partition coefficient (Wildman–Crippen LogP) is 4.40. The summed E-state index contributed by atoms with van der Waals surface area (Å²) in [4.78, 5) is 4.45. The maximum absolute atomic E-state index is 13.2. The molecule has 2 aromatic carbocycles. The fourth-order valence-corrected chi connectivity index (χ4v) is 2.24. The van der Waals surface area contributed by atoms with Gasteiger partial charge in [0.15, 0.2) is 11.6 Å². The zero-order chi connectivity index (χ0) is 14.8. The number of aryl methyl sites for hydroxylation is 1. The fraction of sp³-hybridized carbons (Fsp3) is 0.118. The van der Waals surface area contributed by atoms with Gasteiger partial charge in [-0.15, -0.1) is 0 Å². The molecule has 3 rings (SSSR count). The van der Waals surface area contributed by atoms with Gasteiger partial charge in [0, 0.05) is 22.7 Å². The third kappa shape index (κ3) is 2.84. The zero-order valence-electron chi connectivity index (χ0n) is 11.4.